The van der Waals surface area contributed by atoms with Gasteiger partial charge in [-0.15, -0.1) is 0 Å². The zero-order chi connectivity index (χ0) is 10.1. The molecule has 4 nitrogen and oxygen atoms in total. The number of carboxylic acids is 1. The highest BCUT2D eigenvalue weighted by Crippen LogP contribution is 2.46. The van der Waals surface area contributed by atoms with E-state index < -0.39 is 5.97 Å². The van der Waals surface area contributed by atoms with E-state index in [0.29, 0.717) is 0 Å². The van der Waals surface area contributed by atoms with Gasteiger partial charge in [-0.25, -0.2) is 4.98 Å². The molecule has 1 saturated carbocycles. The highest BCUT2D eigenvalue weighted by Gasteiger charge is 2.46. The smallest absolute Gasteiger partial charge is 0.307 e. The number of hydrogen-bond donors (Lipinski definition) is 2. The number of aliphatic carboxylic acids is 1. The summed E-state index contributed by atoms with van der Waals surface area (Å²) in [7, 11) is 0. The Labute approximate surface area is 82.4 Å². The van der Waals surface area contributed by atoms with Crippen LogP contribution in [0.4, 0.5) is 0 Å². The number of aromatic nitrogens is 2. The van der Waals surface area contributed by atoms with Gasteiger partial charge in [0.25, 0.3) is 0 Å². The quantitative estimate of drug-likeness (QED) is 0.764. The Morgan fingerprint density at radius 3 is 3.14 bits per heavy atom. The lowest BCUT2D eigenvalue weighted by Crippen LogP contribution is -1.99. The molecule has 0 amide bonds. The SMILES string of the molecule is CCCc1cnc(C2CC2C(=O)O)[nH]1. The van der Waals surface area contributed by atoms with Gasteiger partial charge in [-0.05, 0) is 12.8 Å². The molecule has 0 saturated heterocycles. The Hall–Kier alpha value is -1.32. The van der Waals surface area contributed by atoms with E-state index in [0.717, 1.165) is 30.8 Å². The number of carboxylic acid groups (broad SMARTS) is 1. The fourth-order valence-corrected chi connectivity index (χ4v) is 1.73. The molecular weight excluding hydrogens is 180 g/mol. The molecule has 0 aromatic carbocycles. The summed E-state index contributed by atoms with van der Waals surface area (Å²) in [5.74, 6) is 0.0537. The summed E-state index contributed by atoms with van der Waals surface area (Å²) in [5, 5.41) is 8.75. The van der Waals surface area contributed by atoms with Crippen LogP contribution in [0, 0.1) is 5.92 Å². The maximum absolute atomic E-state index is 10.6. The first-order chi connectivity index (χ1) is 6.72. The number of nitrogens with one attached hydrogen (secondary N) is 1. The Bertz CT molecular complexity index is 346. The molecule has 1 aromatic rings. The molecular formula is C10H14N2O2. The molecule has 76 valence electrons. The summed E-state index contributed by atoms with van der Waals surface area (Å²) >= 11 is 0. The zero-order valence-electron chi connectivity index (χ0n) is 8.16. The fraction of sp³-hybridized carbons (Fsp3) is 0.600. The third-order valence-electron chi connectivity index (χ3n) is 2.63. The third-order valence-corrected chi connectivity index (χ3v) is 2.63. The molecule has 0 bridgehead atoms. The predicted molar refractivity (Wildman–Crippen MR) is 51.1 cm³/mol. The van der Waals surface area contributed by atoms with Gasteiger partial charge < -0.3 is 10.1 Å². The normalized spacial score (nSPS) is 24.9. The van der Waals surface area contributed by atoms with Crippen LogP contribution in [0.2, 0.25) is 0 Å². The van der Waals surface area contributed by atoms with Crippen LogP contribution in [-0.4, -0.2) is 21.0 Å². The van der Waals surface area contributed by atoms with Gasteiger partial charge in [0.05, 0.1) is 5.92 Å². The number of aromatic amines is 1. The van der Waals surface area contributed by atoms with Gasteiger partial charge in [-0.2, -0.15) is 0 Å². The number of aryl methyl sites for hydroxylation is 1. The molecule has 0 spiro atoms. The molecule has 1 heterocycles. The average Bonchev–Trinajstić information content (AvgIpc) is 2.82. The predicted octanol–water partition coefficient (Wildman–Crippen LogP) is 1.55. The Morgan fingerprint density at radius 2 is 2.57 bits per heavy atom. The molecule has 1 aliphatic carbocycles. The number of nitrogens with zero attached hydrogens (tertiary/aromatic N) is 1. The number of imidazole rings is 1. The van der Waals surface area contributed by atoms with Gasteiger partial charge in [-0.1, -0.05) is 13.3 Å². The topological polar surface area (TPSA) is 66.0 Å². The second-order valence-electron chi connectivity index (χ2n) is 3.83. The van der Waals surface area contributed by atoms with E-state index >= 15 is 0 Å². The lowest BCUT2D eigenvalue weighted by atomic mass is 10.3. The van der Waals surface area contributed by atoms with Crippen LogP contribution >= 0.6 is 0 Å². The molecule has 2 rings (SSSR count). The van der Waals surface area contributed by atoms with Crippen LogP contribution in [0.1, 0.15) is 37.2 Å². The van der Waals surface area contributed by atoms with Crippen molar-refractivity contribution in [3.8, 4) is 0 Å². The zero-order valence-corrected chi connectivity index (χ0v) is 8.16. The molecule has 2 atom stereocenters. The molecule has 2 N–H and O–H groups in total. The molecule has 1 fully saturated rings. The van der Waals surface area contributed by atoms with Crippen LogP contribution in [0.15, 0.2) is 6.20 Å². The van der Waals surface area contributed by atoms with Gasteiger partial charge in [-0.3, -0.25) is 4.79 Å². The van der Waals surface area contributed by atoms with Crippen molar-refractivity contribution in [3.63, 3.8) is 0 Å². The van der Waals surface area contributed by atoms with E-state index in [1.807, 2.05) is 6.20 Å². The van der Waals surface area contributed by atoms with Crippen LogP contribution in [0.25, 0.3) is 0 Å². The average molecular weight is 194 g/mol. The number of carbonyl (C=O) groups is 1. The van der Waals surface area contributed by atoms with Crippen LogP contribution in [0.5, 0.6) is 0 Å². The van der Waals surface area contributed by atoms with E-state index in [-0.39, 0.29) is 11.8 Å². The summed E-state index contributed by atoms with van der Waals surface area (Å²) < 4.78 is 0. The van der Waals surface area contributed by atoms with Crippen molar-refractivity contribution in [1.29, 1.82) is 0 Å². The van der Waals surface area contributed by atoms with E-state index in [2.05, 4.69) is 16.9 Å². The van der Waals surface area contributed by atoms with Crippen molar-refractivity contribution in [2.24, 2.45) is 5.92 Å². The van der Waals surface area contributed by atoms with Crippen molar-refractivity contribution in [2.75, 3.05) is 0 Å². The van der Waals surface area contributed by atoms with Crippen molar-refractivity contribution in [2.45, 2.75) is 32.1 Å². The second-order valence-corrected chi connectivity index (χ2v) is 3.83. The molecule has 0 aliphatic heterocycles. The maximum atomic E-state index is 10.6. The number of H-pyrrole nitrogens is 1. The van der Waals surface area contributed by atoms with Gasteiger partial charge in [0.15, 0.2) is 0 Å². The monoisotopic (exact) mass is 194 g/mol. The highest BCUT2D eigenvalue weighted by molar-refractivity contribution is 5.74. The molecule has 4 heteroatoms. The largest absolute Gasteiger partial charge is 0.481 e. The van der Waals surface area contributed by atoms with E-state index in [9.17, 15) is 4.79 Å². The Morgan fingerprint density at radius 1 is 1.79 bits per heavy atom. The lowest BCUT2D eigenvalue weighted by molar-refractivity contribution is -0.138. The second kappa shape index (κ2) is 3.44. The number of rotatable bonds is 4. The lowest BCUT2D eigenvalue weighted by Gasteiger charge is -1.92. The summed E-state index contributed by atoms with van der Waals surface area (Å²) in [5.41, 5.74) is 1.11. The van der Waals surface area contributed by atoms with E-state index in [1.165, 1.54) is 0 Å². The van der Waals surface area contributed by atoms with E-state index in [1.54, 1.807) is 0 Å². The van der Waals surface area contributed by atoms with Crippen molar-refractivity contribution < 1.29 is 9.90 Å². The molecule has 1 aliphatic rings. The first-order valence-corrected chi connectivity index (χ1v) is 4.99. The summed E-state index contributed by atoms with van der Waals surface area (Å²) in [6, 6.07) is 0. The van der Waals surface area contributed by atoms with Crippen molar-refractivity contribution >= 4 is 5.97 Å². The molecule has 0 radical (unpaired) electrons. The first kappa shape index (κ1) is 9.24. The van der Waals surface area contributed by atoms with Gasteiger partial charge >= 0.3 is 5.97 Å². The molecule has 2 unspecified atom stereocenters. The Balaban J connectivity index is 2.01. The van der Waals surface area contributed by atoms with Gasteiger partial charge in [0.2, 0.25) is 0 Å². The fourth-order valence-electron chi connectivity index (χ4n) is 1.73. The van der Waals surface area contributed by atoms with Crippen LogP contribution in [0.3, 0.4) is 0 Å². The highest BCUT2D eigenvalue weighted by atomic mass is 16.4. The van der Waals surface area contributed by atoms with Gasteiger partial charge in [0, 0.05) is 17.8 Å². The molecule has 14 heavy (non-hydrogen) atoms. The third kappa shape index (κ3) is 1.64. The van der Waals surface area contributed by atoms with Crippen molar-refractivity contribution in [3.05, 3.63) is 17.7 Å². The first-order valence-electron chi connectivity index (χ1n) is 4.99. The number of hydrogen-bond acceptors (Lipinski definition) is 2. The van der Waals surface area contributed by atoms with Gasteiger partial charge in [0.1, 0.15) is 5.82 Å². The van der Waals surface area contributed by atoms with Crippen LogP contribution in [-0.2, 0) is 11.2 Å². The summed E-state index contributed by atoms with van der Waals surface area (Å²) in [4.78, 5) is 18.0. The van der Waals surface area contributed by atoms with E-state index in [4.69, 9.17) is 5.11 Å². The maximum Gasteiger partial charge on any atom is 0.307 e. The summed E-state index contributed by atoms with van der Waals surface area (Å²) in [6.07, 6.45) is 4.61. The minimum Gasteiger partial charge on any atom is -0.481 e. The minimum atomic E-state index is -0.705. The minimum absolute atomic E-state index is 0.123. The van der Waals surface area contributed by atoms with Crippen molar-refractivity contribution in [1.82, 2.24) is 9.97 Å². The summed E-state index contributed by atoms with van der Waals surface area (Å²) in [6.45, 7) is 2.11. The van der Waals surface area contributed by atoms with Crippen LogP contribution < -0.4 is 0 Å². The standard InChI is InChI=1S/C10H14N2O2/c1-2-3-6-5-11-9(12-6)7-4-8(7)10(13)14/h5,7-8H,2-4H2,1H3,(H,11,12)(H,13,14). The molecule has 1 aromatic heterocycles. The Kier molecular flexibility index (Phi) is 2.27.